The Morgan fingerprint density at radius 2 is 1.80 bits per heavy atom. The molecule has 0 fully saturated rings. The molecular formula is C23H21FN2O4. The van der Waals surface area contributed by atoms with Crippen molar-refractivity contribution in [2.24, 2.45) is 5.41 Å². The van der Waals surface area contributed by atoms with Crippen LogP contribution in [0.2, 0.25) is 0 Å². The van der Waals surface area contributed by atoms with Crippen LogP contribution in [0.4, 0.5) is 15.8 Å². The summed E-state index contributed by atoms with van der Waals surface area (Å²) in [4.78, 5) is 38.3. The summed E-state index contributed by atoms with van der Waals surface area (Å²) >= 11 is 0. The van der Waals surface area contributed by atoms with Crippen LogP contribution in [0.25, 0.3) is 0 Å². The van der Waals surface area contributed by atoms with Gasteiger partial charge in [-0.15, -0.1) is 0 Å². The van der Waals surface area contributed by atoms with Gasteiger partial charge in [-0.3, -0.25) is 24.6 Å². The maximum absolute atomic E-state index is 13.9. The predicted molar refractivity (Wildman–Crippen MR) is 109 cm³/mol. The van der Waals surface area contributed by atoms with Gasteiger partial charge in [-0.2, -0.15) is 0 Å². The number of hydrogen-bond donors (Lipinski definition) is 0. The second kappa shape index (κ2) is 7.16. The highest BCUT2D eigenvalue weighted by atomic mass is 19.1. The van der Waals surface area contributed by atoms with Gasteiger partial charge >= 0.3 is 0 Å². The smallest absolute Gasteiger partial charge is 0.269 e. The molecule has 2 aliphatic rings. The van der Waals surface area contributed by atoms with Gasteiger partial charge in [-0.1, -0.05) is 32.0 Å². The largest absolute Gasteiger partial charge is 0.294 e. The molecule has 0 aromatic heterocycles. The number of non-ortho nitro benzene ring substituents is 1. The number of ketones is 1. The fourth-order valence-electron chi connectivity index (χ4n) is 4.44. The normalized spacial score (nSPS) is 20.9. The van der Waals surface area contributed by atoms with E-state index < -0.39 is 16.7 Å². The first kappa shape index (κ1) is 19.9. The van der Waals surface area contributed by atoms with Crippen molar-refractivity contribution in [1.82, 2.24) is 0 Å². The van der Waals surface area contributed by atoms with Crippen molar-refractivity contribution < 1.29 is 18.9 Å². The van der Waals surface area contributed by atoms with E-state index in [4.69, 9.17) is 0 Å². The molecular weight excluding hydrogens is 387 g/mol. The van der Waals surface area contributed by atoms with Gasteiger partial charge in [0.25, 0.3) is 5.69 Å². The summed E-state index contributed by atoms with van der Waals surface area (Å²) in [6.07, 6.45) is 0.889. The summed E-state index contributed by atoms with van der Waals surface area (Å²) < 4.78 is 13.9. The third-order valence-corrected chi connectivity index (χ3v) is 5.72. The lowest BCUT2D eigenvalue weighted by molar-refractivity contribution is -0.384. The van der Waals surface area contributed by atoms with Gasteiger partial charge < -0.3 is 0 Å². The second-order valence-corrected chi connectivity index (χ2v) is 8.62. The van der Waals surface area contributed by atoms with Gasteiger partial charge in [-0.05, 0) is 35.6 Å². The number of hydrogen-bond acceptors (Lipinski definition) is 4. The molecule has 0 N–H and O–H groups in total. The van der Waals surface area contributed by atoms with Gasteiger partial charge in [0.2, 0.25) is 5.91 Å². The minimum Gasteiger partial charge on any atom is -0.294 e. The first-order chi connectivity index (χ1) is 14.2. The molecule has 6 nitrogen and oxygen atoms in total. The Bertz CT molecular complexity index is 1090. The van der Waals surface area contributed by atoms with E-state index >= 15 is 0 Å². The lowest BCUT2D eigenvalue weighted by Crippen LogP contribution is -2.43. The summed E-state index contributed by atoms with van der Waals surface area (Å²) in [7, 11) is 0. The number of nitro benzene ring substituents is 1. The molecule has 1 heterocycles. The molecule has 1 amide bonds. The summed E-state index contributed by atoms with van der Waals surface area (Å²) in [6, 6.07) is 11.8. The monoisotopic (exact) mass is 408 g/mol. The Hall–Kier alpha value is -3.35. The standard InChI is InChI=1S/C23H21FN2O4/c1-23(2)12-19-22(20(27)13-23)18(14-6-8-16(9-7-14)26(29)30)11-21(28)25(19)17-5-3-4-15(24)10-17/h3-10,18H,11-13H2,1-2H3. The first-order valence-electron chi connectivity index (χ1n) is 9.75. The number of Topliss-reactive ketones (excluding diaryl/α,β-unsaturated/α-hetero) is 1. The Morgan fingerprint density at radius 3 is 2.43 bits per heavy atom. The maximum atomic E-state index is 13.9. The molecule has 0 saturated heterocycles. The van der Waals surface area contributed by atoms with Crippen molar-refractivity contribution in [1.29, 1.82) is 0 Å². The topological polar surface area (TPSA) is 80.5 Å². The Labute approximate surface area is 173 Å². The van der Waals surface area contributed by atoms with E-state index in [9.17, 15) is 24.1 Å². The van der Waals surface area contributed by atoms with Crippen LogP contribution in [-0.2, 0) is 9.59 Å². The number of carbonyl (C=O) groups is 2. The van der Waals surface area contributed by atoms with Gasteiger partial charge in [0.05, 0.1) is 10.6 Å². The van der Waals surface area contributed by atoms with Crippen LogP contribution in [0.1, 0.15) is 44.6 Å². The molecule has 4 rings (SSSR count). The zero-order valence-electron chi connectivity index (χ0n) is 16.7. The molecule has 0 spiro atoms. The molecule has 1 atom stereocenters. The highest BCUT2D eigenvalue weighted by molar-refractivity contribution is 6.07. The zero-order valence-corrected chi connectivity index (χ0v) is 16.7. The molecule has 1 aliphatic carbocycles. The van der Waals surface area contributed by atoms with Gasteiger partial charge in [0.15, 0.2) is 5.78 Å². The third kappa shape index (κ3) is 3.51. The molecule has 30 heavy (non-hydrogen) atoms. The highest BCUT2D eigenvalue weighted by Crippen LogP contribution is 2.48. The average Bonchev–Trinajstić information content (AvgIpc) is 2.66. The Balaban J connectivity index is 1.86. The highest BCUT2D eigenvalue weighted by Gasteiger charge is 2.44. The molecule has 2 aromatic carbocycles. The van der Waals surface area contributed by atoms with Gasteiger partial charge in [-0.25, -0.2) is 4.39 Å². The third-order valence-electron chi connectivity index (χ3n) is 5.72. The zero-order chi connectivity index (χ0) is 21.6. The molecule has 0 saturated carbocycles. The van der Waals surface area contributed by atoms with Crippen molar-refractivity contribution in [3.63, 3.8) is 0 Å². The van der Waals surface area contributed by atoms with Crippen molar-refractivity contribution in [2.45, 2.75) is 39.0 Å². The van der Waals surface area contributed by atoms with E-state index in [0.29, 0.717) is 35.4 Å². The fraction of sp³-hybridized carbons (Fsp3) is 0.304. The van der Waals surface area contributed by atoms with Crippen molar-refractivity contribution in [2.75, 3.05) is 4.90 Å². The number of halogens is 1. The van der Waals surface area contributed by atoms with Crippen molar-refractivity contribution >= 4 is 23.1 Å². The molecule has 0 radical (unpaired) electrons. The number of amides is 1. The molecule has 1 unspecified atom stereocenters. The predicted octanol–water partition coefficient (Wildman–Crippen LogP) is 4.90. The molecule has 7 heteroatoms. The van der Waals surface area contributed by atoms with Crippen LogP contribution in [-0.4, -0.2) is 16.6 Å². The first-order valence-corrected chi connectivity index (χ1v) is 9.75. The van der Waals surface area contributed by atoms with Crippen LogP contribution in [0, 0.1) is 21.3 Å². The molecule has 154 valence electrons. The van der Waals surface area contributed by atoms with Crippen LogP contribution < -0.4 is 4.90 Å². The second-order valence-electron chi connectivity index (χ2n) is 8.62. The van der Waals surface area contributed by atoms with E-state index in [-0.39, 0.29) is 29.2 Å². The fourth-order valence-corrected chi connectivity index (χ4v) is 4.44. The number of nitro groups is 1. The Morgan fingerprint density at radius 1 is 1.10 bits per heavy atom. The lowest BCUT2D eigenvalue weighted by Gasteiger charge is -2.43. The number of anilines is 1. The van der Waals surface area contributed by atoms with Crippen LogP contribution in [0.15, 0.2) is 59.8 Å². The number of benzene rings is 2. The maximum Gasteiger partial charge on any atom is 0.269 e. The quantitative estimate of drug-likeness (QED) is 0.535. The van der Waals surface area contributed by atoms with Crippen LogP contribution in [0.3, 0.4) is 0 Å². The number of rotatable bonds is 3. The van der Waals surface area contributed by atoms with Crippen molar-refractivity contribution in [3.8, 4) is 0 Å². The number of nitrogens with zero attached hydrogens (tertiary/aromatic N) is 2. The number of carbonyl (C=O) groups excluding carboxylic acids is 2. The summed E-state index contributed by atoms with van der Waals surface area (Å²) in [6.45, 7) is 3.94. The van der Waals surface area contributed by atoms with Gasteiger partial charge in [0, 0.05) is 42.2 Å². The summed E-state index contributed by atoms with van der Waals surface area (Å²) in [5.41, 5.74) is 1.86. The SMILES string of the molecule is CC1(C)CC(=O)C2=C(C1)N(c1cccc(F)c1)C(=O)CC2c1ccc([N+](=O)[O-])cc1. The van der Waals surface area contributed by atoms with Crippen LogP contribution in [0.5, 0.6) is 0 Å². The number of allylic oxidation sites excluding steroid dienone is 2. The van der Waals surface area contributed by atoms with E-state index in [1.54, 1.807) is 18.2 Å². The van der Waals surface area contributed by atoms with Crippen molar-refractivity contribution in [3.05, 3.63) is 81.3 Å². The lowest BCUT2D eigenvalue weighted by atomic mass is 9.69. The molecule has 0 bridgehead atoms. The summed E-state index contributed by atoms with van der Waals surface area (Å²) in [5.74, 6) is -1.20. The minimum absolute atomic E-state index is 0.0410. The van der Waals surface area contributed by atoms with Gasteiger partial charge in [0.1, 0.15) is 5.82 Å². The van der Waals surface area contributed by atoms with E-state index in [2.05, 4.69) is 0 Å². The van der Waals surface area contributed by atoms with E-state index in [1.165, 1.54) is 35.2 Å². The summed E-state index contributed by atoms with van der Waals surface area (Å²) in [5, 5.41) is 11.0. The Kier molecular flexibility index (Phi) is 4.76. The van der Waals surface area contributed by atoms with E-state index in [0.717, 1.165) is 0 Å². The molecule has 2 aromatic rings. The molecule has 1 aliphatic heterocycles. The van der Waals surface area contributed by atoms with E-state index in [1.807, 2.05) is 13.8 Å². The average molecular weight is 408 g/mol. The minimum atomic E-state index is -0.486. The van der Waals surface area contributed by atoms with Crippen LogP contribution >= 0.6 is 0 Å².